The fourth-order valence-electron chi connectivity index (χ4n) is 3.42. The lowest BCUT2D eigenvalue weighted by Gasteiger charge is -2.18. The van der Waals surface area contributed by atoms with E-state index in [1.54, 1.807) is 35.0 Å². The second-order valence-electron chi connectivity index (χ2n) is 6.82. The van der Waals surface area contributed by atoms with E-state index in [1.807, 2.05) is 13.8 Å². The van der Waals surface area contributed by atoms with Crippen LogP contribution in [-0.2, 0) is 4.79 Å². The van der Waals surface area contributed by atoms with Crippen molar-refractivity contribution in [2.45, 2.75) is 24.3 Å². The Kier molecular flexibility index (Phi) is 4.96. The summed E-state index contributed by atoms with van der Waals surface area (Å²) in [4.78, 5) is 12.7. The number of phenols is 1. The standard InChI is InChI=1S/C21H20FN3O3S/c1-11-18-19(13-7-8-16(26)17(9-13)28-3)29-12(2)21(27)23-20(18)25(24-11)15-6-4-5-14(22)10-15/h4-10,12,19,26H,1-3H3,(H,23,27). The number of carbonyl (C=O) groups excluding carboxylic acids is 1. The maximum Gasteiger partial charge on any atom is 0.238 e. The van der Waals surface area contributed by atoms with Crippen molar-refractivity contribution >= 4 is 23.5 Å². The van der Waals surface area contributed by atoms with Crippen molar-refractivity contribution in [3.63, 3.8) is 0 Å². The van der Waals surface area contributed by atoms with Gasteiger partial charge in [-0.25, -0.2) is 9.07 Å². The Balaban J connectivity index is 1.91. The summed E-state index contributed by atoms with van der Waals surface area (Å²) in [5, 5.41) is 16.9. The van der Waals surface area contributed by atoms with Crippen molar-refractivity contribution in [1.29, 1.82) is 0 Å². The van der Waals surface area contributed by atoms with E-state index in [0.717, 1.165) is 16.8 Å². The van der Waals surface area contributed by atoms with Crippen LogP contribution in [0.4, 0.5) is 10.2 Å². The Bertz CT molecular complexity index is 1100. The van der Waals surface area contributed by atoms with Crippen LogP contribution in [0.1, 0.15) is 29.0 Å². The molecule has 4 rings (SSSR count). The summed E-state index contributed by atoms with van der Waals surface area (Å²) < 4.78 is 20.6. The van der Waals surface area contributed by atoms with Crippen LogP contribution in [0.5, 0.6) is 11.5 Å². The first-order valence-electron chi connectivity index (χ1n) is 9.07. The van der Waals surface area contributed by atoms with Crippen molar-refractivity contribution < 1.29 is 19.0 Å². The maximum absolute atomic E-state index is 13.8. The molecular weight excluding hydrogens is 393 g/mol. The number of thioether (sulfide) groups is 1. The van der Waals surface area contributed by atoms with Crippen molar-refractivity contribution in [3.05, 3.63) is 65.1 Å². The van der Waals surface area contributed by atoms with E-state index >= 15 is 0 Å². The number of rotatable bonds is 3. The zero-order valence-electron chi connectivity index (χ0n) is 16.1. The Morgan fingerprint density at radius 3 is 2.79 bits per heavy atom. The quantitative estimate of drug-likeness (QED) is 0.673. The zero-order valence-corrected chi connectivity index (χ0v) is 17.0. The molecule has 1 aliphatic rings. The Morgan fingerprint density at radius 1 is 1.28 bits per heavy atom. The van der Waals surface area contributed by atoms with Gasteiger partial charge >= 0.3 is 0 Å². The number of anilines is 1. The molecule has 0 spiro atoms. The van der Waals surface area contributed by atoms with Gasteiger partial charge in [-0.3, -0.25) is 4.79 Å². The van der Waals surface area contributed by atoms with E-state index in [-0.39, 0.29) is 28.0 Å². The van der Waals surface area contributed by atoms with E-state index in [2.05, 4.69) is 10.4 Å². The SMILES string of the molecule is COc1cc(C2SC(C)C(=O)Nc3c2c(C)nn3-c2cccc(F)c2)ccc1O. The first-order valence-corrected chi connectivity index (χ1v) is 10.0. The van der Waals surface area contributed by atoms with Crippen molar-refractivity contribution in [2.24, 2.45) is 0 Å². The number of hydrogen-bond donors (Lipinski definition) is 2. The molecule has 0 saturated carbocycles. The van der Waals surface area contributed by atoms with Crippen LogP contribution in [0.2, 0.25) is 0 Å². The number of phenolic OH excluding ortho intramolecular Hbond substituents is 1. The van der Waals surface area contributed by atoms with Gasteiger partial charge in [0.1, 0.15) is 11.6 Å². The first-order chi connectivity index (χ1) is 13.9. The molecule has 6 nitrogen and oxygen atoms in total. The number of nitrogens with zero attached hydrogens (tertiary/aromatic N) is 2. The molecular formula is C21H20FN3O3S. The number of aromatic nitrogens is 2. The number of amides is 1. The molecule has 0 saturated heterocycles. The van der Waals surface area contributed by atoms with Gasteiger partial charge in [-0.2, -0.15) is 5.10 Å². The van der Waals surface area contributed by atoms with Crippen molar-refractivity contribution in [1.82, 2.24) is 9.78 Å². The summed E-state index contributed by atoms with van der Waals surface area (Å²) in [6.45, 7) is 3.70. The number of hydrogen-bond acceptors (Lipinski definition) is 5. The molecule has 150 valence electrons. The molecule has 1 amide bonds. The van der Waals surface area contributed by atoms with E-state index < -0.39 is 0 Å². The summed E-state index contributed by atoms with van der Waals surface area (Å²) in [5.41, 5.74) is 2.96. The second kappa shape index (κ2) is 7.44. The molecule has 8 heteroatoms. The highest BCUT2D eigenvalue weighted by Gasteiger charge is 2.34. The van der Waals surface area contributed by atoms with Gasteiger partial charge in [0.15, 0.2) is 11.5 Å². The molecule has 2 N–H and O–H groups in total. The topological polar surface area (TPSA) is 76.4 Å². The van der Waals surface area contributed by atoms with Crippen molar-refractivity contribution in [2.75, 3.05) is 12.4 Å². The minimum absolute atomic E-state index is 0.0459. The number of benzene rings is 2. The fourth-order valence-corrected chi connectivity index (χ4v) is 4.74. The van der Waals surface area contributed by atoms with Gasteiger partial charge in [-0.05, 0) is 49.7 Å². The van der Waals surface area contributed by atoms with Crippen LogP contribution in [-0.4, -0.2) is 33.2 Å². The van der Waals surface area contributed by atoms with Crippen LogP contribution in [0, 0.1) is 12.7 Å². The molecule has 29 heavy (non-hydrogen) atoms. The lowest BCUT2D eigenvalue weighted by atomic mass is 10.0. The molecule has 1 aliphatic heterocycles. The predicted octanol–water partition coefficient (Wildman–Crippen LogP) is 4.20. The summed E-state index contributed by atoms with van der Waals surface area (Å²) in [5.74, 6) is 0.390. The van der Waals surface area contributed by atoms with E-state index in [1.165, 1.54) is 31.0 Å². The molecule has 2 aromatic carbocycles. The average Bonchev–Trinajstić information content (AvgIpc) is 2.95. The summed E-state index contributed by atoms with van der Waals surface area (Å²) in [7, 11) is 1.49. The number of ether oxygens (including phenoxy) is 1. The van der Waals surface area contributed by atoms with Gasteiger partial charge in [-0.15, -0.1) is 11.8 Å². The van der Waals surface area contributed by atoms with Gasteiger partial charge in [0.2, 0.25) is 5.91 Å². The molecule has 2 heterocycles. The van der Waals surface area contributed by atoms with Crippen LogP contribution >= 0.6 is 11.8 Å². The Hall–Kier alpha value is -3.00. The average molecular weight is 413 g/mol. The second-order valence-corrected chi connectivity index (χ2v) is 8.27. The van der Waals surface area contributed by atoms with Crippen LogP contribution in [0.3, 0.4) is 0 Å². The maximum atomic E-state index is 13.8. The van der Waals surface area contributed by atoms with Gasteiger partial charge in [-0.1, -0.05) is 12.1 Å². The van der Waals surface area contributed by atoms with Gasteiger partial charge in [0.05, 0.1) is 29.0 Å². The predicted molar refractivity (Wildman–Crippen MR) is 110 cm³/mol. The molecule has 1 aromatic heterocycles. The number of carbonyl (C=O) groups is 1. The molecule has 0 radical (unpaired) electrons. The lowest BCUT2D eigenvalue weighted by Crippen LogP contribution is -2.22. The number of methoxy groups -OCH3 is 1. The smallest absolute Gasteiger partial charge is 0.238 e. The number of halogens is 1. The third-order valence-electron chi connectivity index (χ3n) is 4.88. The third kappa shape index (κ3) is 3.44. The summed E-state index contributed by atoms with van der Waals surface area (Å²) >= 11 is 1.49. The minimum Gasteiger partial charge on any atom is -0.504 e. The van der Waals surface area contributed by atoms with Crippen LogP contribution in [0.15, 0.2) is 42.5 Å². The van der Waals surface area contributed by atoms with E-state index in [9.17, 15) is 14.3 Å². The lowest BCUT2D eigenvalue weighted by molar-refractivity contribution is -0.115. The molecule has 0 fully saturated rings. The van der Waals surface area contributed by atoms with Gasteiger partial charge in [0.25, 0.3) is 0 Å². The van der Waals surface area contributed by atoms with Crippen LogP contribution in [0.25, 0.3) is 5.69 Å². The van der Waals surface area contributed by atoms with Gasteiger partial charge in [0, 0.05) is 5.56 Å². The van der Waals surface area contributed by atoms with E-state index in [4.69, 9.17) is 4.74 Å². The van der Waals surface area contributed by atoms with Crippen molar-refractivity contribution in [3.8, 4) is 17.2 Å². The minimum atomic E-state index is -0.382. The first kappa shape index (κ1) is 19.3. The summed E-state index contributed by atoms with van der Waals surface area (Å²) in [6, 6.07) is 11.2. The largest absolute Gasteiger partial charge is 0.504 e. The number of nitrogens with one attached hydrogen (secondary N) is 1. The molecule has 0 aliphatic carbocycles. The Labute approximate surface area is 171 Å². The van der Waals surface area contributed by atoms with Crippen LogP contribution < -0.4 is 10.1 Å². The summed E-state index contributed by atoms with van der Waals surface area (Å²) in [6.07, 6.45) is 0. The molecule has 2 atom stereocenters. The number of fused-ring (bicyclic) bond motifs is 1. The molecule has 3 aromatic rings. The highest BCUT2D eigenvalue weighted by Crippen LogP contribution is 2.47. The fraction of sp³-hybridized carbons (Fsp3) is 0.238. The number of aryl methyl sites for hydroxylation is 1. The number of aromatic hydroxyl groups is 1. The molecule has 0 bridgehead atoms. The molecule has 2 unspecified atom stereocenters. The monoisotopic (exact) mass is 413 g/mol. The zero-order chi connectivity index (χ0) is 20.7. The van der Waals surface area contributed by atoms with E-state index in [0.29, 0.717) is 17.3 Å². The highest BCUT2D eigenvalue weighted by atomic mass is 32.2. The highest BCUT2D eigenvalue weighted by molar-refractivity contribution is 8.01. The Morgan fingerprint density at radius 2 is 2.07 bits per heavy atom. The van der Waals surface area contributed by atoms with Gasteiger partial charge < -0.3 is 15.2 Å². The third-order valence-corrected chi connectivity index (χ3v) is 6.28. The normalized spacial score (nSPS) is 18.7.